The van der Waals surface area contributed by atoms with Crippen LogP contribution in [0.3, 0.4) is 0 Å². The van der Waals surface area contributed by atoms with Crippen molar-refractivity contribution in [1.82, 2.24) is 20.2 Å². The second-order valence-electron chi connectivity index (χ2n) is 9.05. The maximum atomic E-state index is 13.5. The smallest absolute Gasteiger partial charge is 0.262 e. The minimum Gasteiger partial charge on any atom is -0.381 e. The molecule has 0 unspecified atom stereocenters. The Labute approximate surface area is 189 Å². The van der Waals surface area contributed by atoms with Gasteiger partial charge in [0.25, 0.3) is 5.56 Å². The fourth-order valence-corrected chi connectivity index (χ4v) is 5.49. The average molecular weight is 445 g/mol. The predicted octanol–water partition coefficient (Wildman–Crippen LogP) is 1.07. The van der Waals surface area contributed by atoms with Crippen LogP contribution in [0.4, 0.5) is 5.69 Å². The van der Waals surface area contributed by atoms with Crippen LogP contribution in [-0.2, 0) is 15.2 Å². The van der Waals surface area contributed by atoms with E-state index in [-0.39, 0.29) is 23.8 Å². The van der Waals surface area contributed by atoms with Crippen molar-refractivity contribution < 1.29 is 14.7 Å². The van der Waals surface area contributed by atoms with Crippen LogP contribution in [0.5, 0.6) is 0 Å². The summed E-state index contributed by atoms with van der Waals surface area (Å²) >= 11 is 0. The molecule has 9 heteroatoms. The molecule has 3 aliphatic heterocycles. The predicted molar refractivity (Wildman–Crippen MR) is 120 cm³/mol. The van der Waals surface area contributed by atoms with Crippen LogP contribution in [0.1, 0.15) is 43.7 Å². The van der Waals surface area contributed by atoms with Gasteiger partial charge in [0.05, 0.1) is 28.7 Å². The molecule has 3 aromatic rings. The van der Waals surface area contributed by atoms with Crippen LogP contribution < -0.4 is 21.1 Å². The lowest BCUT2D eigenvalue weighted by Gasteiger charge is -2.37. The zero-order valence-corrected chi connectivity index (χ0v) is 18.1. The van der Waals surface area contributed by atoms with Crippen molar-refractivity contribution in [3.8, 4) is 0 Å². The minimum atomic E-state index is -1.58. The van der Waals surface area contributed by atoms with Crippen LogP contribution in [0.25, 0.3) is 10.9 Å². The third-order valence-corrected chi connectivity index (χ3v) is 7.06. The topological polar surface area (TPSA) is 117 Å². The first kappa shape index (κ1) is 20.1. The maximum absolute atomic E-state index is 13.5. The van der Waals surface area contributed by atoms with E-state index in [1.165, 1.54) is 4.57 Å². The van der Waals surface area contributed by atoms with Gasteiger partial charge >= 0.3 is 0 Å². The van der Waals surface area contributed by atoms with Crippen LogP contribution in [0.2, 0.25) is 0 Å². The standard InChI is InChI=1S/C24H23N5O4/c1-12-19-27-16-9-5-3-7-14(16)22(32)28(19)18(20(30)25-12)11-24(33)15-8-4-6-10-17(15)29-21(31)13(2)26-23(24)29/h3-10,12-13,18,23,26,33H,11H2,1-2H3,(H,25,30)/t12-,13-,18+,23-,24-/m0/s1. The van der Waals surface area contributed by atoms with E-state index in [2.05, 4.69) is 15.6 Å². The SMILES string of the molecule is C[C@@H]1N[C@H]2N(C1=O)c1ccccc1[C@@]2(O)C[C@@H]1C(=O)N[C@@H](C)c2nc3ccccc3c(=O)n21. The first-order chi connectivity index (χ1) is 15.8. The third kappa shape index (κ3) is 2.60. The average Bonchev–Trinajstić information content (AvgIpc) is 3.23. The number of anilines is 1. The lowest BCUT2D eigenvalue weighted by atomic mass is 9.85. The number of carbonyl (C=O) groups is 2. The number of hydrogen-bond acceptors (Lipinski definition) is 6. The second-order valence-corrected chi connectivity index (χ2v) is 9.05. The summed E-state index contributed by atoms with van der Waals surface area (Å²) in [4.78, 5) is 45.8. The van der Waals surface area contributed by atoms with Gasteiger partial charge in [-0.3, -0.25) is 29.2 Å². The van der Waals surface area contributed by atoms with Gasteiger partial charge in [0.15, 0.2) is 0 Å². The van der Waals surface area contributed by atoms with E-state index in [1.807, 2.05) is 12.1 Å². The molecule has 168 valence electrons. The molecule has 0 bridgehead atoms. The highest BCUT2D eigenvalue weighted by Crippen LogP contribution is 2.49. The molecule has 5 atom stereocenters. The number of amides is 2. The number of nitrogens with one attached hydrogen (secondary N) is 2. The van der Waals surface area contributed by atoms with E-state index < -0.39 is 29.9 Å². The number of hydrogen-bond donors (Lipinski definition) is 3. The fraction of sp³-hybridized carbons (Fsp3) is 0.333. The van der Waals surface area contributed by atoms with Gasteiger partial charge in [-0.05, 0) is 32.0 Å². The van der Waals surface area contributed by atoms with Crippen LogP contribution in [0.15, 0.2) is 53.3 Å². The lowest BCUT2D eigenvalue weighted by molar-refractivity contribution is -0.129. The Bertz CT molecular complexity index is 1400. The number of nitrogens with zero attached hydrogens (tertiary/aromatic N) is 3. The number of fused-ring (bicyclic) bond motifs is 5. The van der Waals surface area contributed by atoms with Gasteiger partial charge < -0.3 is 10.4 Å². The van der Waals surface area contributed by atoms with E-state index in [9.17, 15) is 19.5 Å². The Kier molecular flexibility index (Phi) is 4.09. The molecule has 33 heavy (non-hydrogen) atoms. The second kappa shape index (κ2) is 6.72. The third-order valence-electron chi connectivity index (χ3n) is 7.06. The Balaban J connectivity index is 1.52. The normalized spacial score (nSPS) is 30.2. The molecule has 6 rings (SSSR count). The van der Waals surface area contributed by atoms with Gasteiger partial charge in [-0.2, -0.15) is 0 Å². The summed E-state index contributed by atoms with van der Waals surface area (Å²) in [5, 5.41) is 18.5. The molecule has 0 saturated carbocycles. The van der Waals surface area contributed by atoms with E-state index in [0.717, 1.165) is 0 Å². The van der Waals surface area contributed by atoms with Crippen molar-refractivity contribution >= 4 is 28.4 Å². The van der Waals surface area contributed by atoms with Gasteiger partial charge in [0, 0.05) is 12.0 Å². The van der Waals surface area contributed by atoms with Gasteiger partial charge in [-0.25, -0.2) is 4.98 Å². The minimum absolute atomic E-state index is 0.0936. The summed E-state index contributed by atoms with van der Waals surface area (Å²) in [7, 11) is 0. The number of para-hydroxylation sites is 2. The van der Waals surface area contributed by atoms with Crippen molar-refractivity contribution in [1.29, 1.82) is 0 Å². The quantitative estimate of drug-likeness (QED) is 0.543. The first-order valence-corrected chi connectivity index (χ1v) is 11.0. The molecule has 1 saturated heterocycles. The first-order valence-electron chi connectivity index (χ1n) is 11.0. The fourth-order valence-electron chi connectivity index (χ4n) is 5.49. The summed E-state index contributed by atoms with van der Waals surface area (Å²) in [6.45, 7) is 3.52. The van der Waals surface area contributed by atoms with Crippen LogP contribution in [-0.4, -0.2) is 38.7 Å². The molecule has 2 amide bonds. The molecule has 4 heterocycles. The highest BCUT2D eigenvalue weighted by molar-refractivity contribution is 6.02. The van der Waals surface area contributed by atoms with E-state index in [0.29, 0.717) is 28.0 Å². The molecule has 1 aromatic heterocycles. The molecular formula is C24H23N5O4. The van der Waals surface area contributed by atoms with Crippen molar-refractivity contribution in [2.24, 2.45) is 0 Å². The molecule has 1 fully saturated rings. The number of benzene rings is 2. The van der Waals surface area contributed by atoms with Crippen LogP contribution >= 0.6 is 0 Å². The van der Waals surface area contributed by atoms with Crippen molar-refractivity contribution in [3.63, 3.8) is 0 Å². The summed E-state index contributed by atoms with van der Waals surface area (Å²) in [5.41, 5.74) is -0.179. The molecular weight excluding hydrogens is 422 g/mol. The number of aliphatic hydroxyl groups is 1. The van der Waals surface area contributed by atoms with Gasteiger partial charge in [-0.1, -0.05) is 30.3 Å². The van der Waals surface area contributed by atoms with E-state index in [1.54, 1.807) is 55.1 Å². The van der Waals surface area contributed by atoms with Crippen molar-refractivity contribution in [3.05, 3.63) is 70.3 Å². The van der Waals surface area contributed by atoms with Crippen molar-refractivity contribution in [2.75, 3.05) is 4.90 Å². The molecule has 2 aromatic carbocycles. The number of carbonyl (C=O) groups excluding carboxylic acids is 2. The van der Waals surface area contributed by atoms with Crippen molar-refractivity contribution in [2.45, 2.75) is 50.2 Å². The van der Waals surface area contributed by atoms with Gasteiger partial charge in [0.1, 0.15) is 23.6 Å². The number of aromatic nitrogens is 2. The zero-order chi connectivity index (χ0) is 23.1. The molecule has 9 nitrogen and oxygen atoms in total. The number of rotatable bonds is 2. The summed E-state index contributed by atoms with van der Waals surface area (Å²) in [5.74, 6) is -0.0647. The van der Waals surface area contributed by atoms with E-state index in [4.69, 9.17) is 0 Å². The summed E-state index contributed by atoms with van der Waals surface area (Å²) < 4.78 is 1.41. The van der Waals surface area contributed by atoms with E-state index >= 15 is 0 Å². The Morgan fingerprint density at radius 2 is 1.76 bits per heavy atom. The molecule has 0 aliphatic carbocycles. The summed E-state index contributed by atoms with van der Waals surface area (Å²) in [6, 6.07) is 12.2. The molecule has 3 aliphatic rings. The molecule has 3 N–H and O–H groups in total. The Morgan fingerprint density at radius 3 is 2.58 bits per heavy atom. The van der Waals surface area contributed by atoms with Gasteiger partial charge in [-0.15, -0.1) is 0 Å². The Hall–Kier alpha value is -3.56. The van der Waals surface area contributed by atoms with Gasteiger partial charge in [0.2, 0.25) is 11.8 Å². The van der Waals surface area contributed by atoms with Crippen LogP contribution in [0, 0.1) is 0 Å². The Morgan fingerprint density at radius 1 is 1.03 bits per heavy atom. The molecule has 0 spiro atoms. The largest absolute Gasteiger partial charge is 0.381 e. The highest BCUT2D eigenvalue weighted by Gasteiger charge is 2.58. The summed E-state index contributed by atoms with van der Waals surface area (Å²) in [6.07, 6.45) is -0.832. The monoisotopic (exact) mass is 445 g/mol. The highest BCUT2D eigenvalue weighted by atomic mass is 16.3. The maximum Gasteiger partial charge on any atom is 0.262 e. The molecule has 0 radical (unpaired) electrons. The zero-order valence-electron chi connectivity index (χ0n) is 18.1. The lowest BCUT2D eigenvalue weighted by Crippen LogP contribution is -2.54.